The Morgan fingerprint density at radius 2 is 1.96 bits per heavy atom. The van der Waals surface area contributed by atoms with Crippen molar-refractivity contribution in [1.29, 1.82) is 0 Å². The number of ether oxygens (including phenoxy) is 2. The van der Waals surface area contributed by atoms with E-state index in [1.54, 1.807) is 0 Å². The van der Waals surface area contributed by atoms with Gasteiger partial charge in [-0.3, -0.25) is 9.59 Å². The minimum atomic E-state index is -1.13. The lowest BCUT2D eigenvalue weighted by Crippen LogP contribution is -2.42. The van der Waals surface area contributed by atoms with Gasteiger partial charge in [0.05, 0.1) is 13.7 Å². The van der Waals surface area contributed by atoms with Gasteiger partial charge in [-0.25, -0.2) is 0 Å². The van der Waals surface area contributed by atoms with Crippen LogP contribution in [0.15, 0.2) is 11.6 Å². The van der Waals surface area contributed by atoms with Crippen molar-refractivity contribution < 1.29 is 24.2 Å². The normalized spacial score (nSPS) is 26.6. The van der Waals surface area contributed by atoms with Crippen LogP contribution in [0.5, 0.6) is 0 Å². The molecule has 0 spiro atoms. The number of carbonyl (C=O) groups is 2. The average Bonchev–Trinajstić information content (AvgIpc) is 2.99. The van der Waals surface area contributed by atoms with Crippen molar-refractivity contribution in [3.63, 3.8) is 0 Å². The van der Waals surface area contributed by atoms with E-state index < -0.39 is 5.79 Å². The summed E-state index contributed by atoms with van der Waals surface area (Å²) in [7, 11) is 1.42. The largest absolute Gasteiger partial charge is 0.469 e. The van der Waals surface area contributed by atoms with Crippen LogP contribution in [0.3, 0.4) is 0 Å². The van der Waals surface area contributed by atoms with Crippen molar-refractivity contribution in [2.75, 3.05) is 13.7 Å². The number of esters is 1. The molecule has 25 heavy (non-hydrogen) atoms. The Kier molecular flexibility index (Phi) is 8.10. The first-order chi connectivity index (χ1) is 12.0. The molecule has 5 nitrogen and oxygen atoms in total. The van der Waals surface area contributed by atoms with Crippen molar-refractivity contribution >= 4 is 11.8 Å². The van der Waals surface area contributed by atoms with Crippen LogP contribution in [0, 0.1) is 5.92 Å². The first-order valence-electron chi connectivity index (χ1n) is 9.72. The first kappa shape index (κ1) is 20.1. The zero-order valence-corrected chi connectivity index (χ0v) is 15.4. The summed E-state index contributed by atoms with van der Waals surface area (Å²) in [5.74, 6) is -1.26. The van der Waals surface area contributed by atoms with E-state index in [9.17, 15) is 14.7 Å². The molecule has 0 aromatic carbocycles. The summed E-state index contributed by atoms with van der Waals surface area (Å²) in [5.41, 5.74) is 0.873. The summed E-state index contributed by atoms with van der Waals surface area (Å²) in [6, 6.07) is 0. The van der Waals surface area contributed by atoms with Crippen LogP contribution < -0.4 is 0 Å². The number of hydrogen-bond donors (Lipinski definition) is 1. The van der Waals surface area contributed by atoms with Gasteiger partial charge in [0.15, 0.2) is 11.6 Å². The van der Waals surface area contributed by atoms with Crippen LogP contribution >= 0.6 is 0 Å². The molecule has 1 fully saturated rings. The maximum Gasteiger partial charge on any atom is 0.305 e. The predicted molar refractivity (Wildman–Crippen MR) is 94.9 cm³/mol. The Morgan fingerprint density at radius 3 is 2.64 bits per heavy atom. The average molecular weight is 352 g/mol. The highest BCUT2D eigenvalue weighted by Crippen LogP contribution is 2.38. The second-order valence-electron chi connectivity index (χ2n) is 7.27. The fourth-order valence-corrected chi connectivity index (χ4v) is 3.73. The molecule has 2 atom stereocenters. The summed E-state index contributed by atoms with van der Waals surface area (Å²) in [4.78, 5) is 23.2. The number of hydrogen-bond acceptors (Lipinski definition) is 5. The van der Waals surface area contributed by atoms with Gasteiger partial charge in [-0.1, -0.05) is 31.8 Å². The van der Waals surface area contributed by atoms with Gasteiger partial charge in [0.25, 0.3) is 0 Å². The molecule has 1 aliphatic carbocycles. The number of methoxy groups -OCH3 is 1. The van der Waals surface area contributed by atoms with E-state index in [1.807, 2.05) is 6.08 Å². The van der Waals surface area contributed by atoms with Crippen molar-refractivity contribution in [3.8, 4) is 0 Å². The standard InChI is InChI=1S/C20H32O5/c1-24-19(22)11-7-5-3-2-4-6-10-16-14-17(15-18(16)21)20(23)12-8-9-13-25-20/h14,17,23H,2-13,15H2,1H3. The van der Waals surface area contributed by atoms with Gasteiger partial charge in [-0.05, 0) is 37.7 Å². The zero-order chi connectivity index (χ0) is 18.1. The molecule has 0 amide bonds. The highest BCUT2D eigenvalue weighted by Gasteiger charge is 2.42. The molecule has 0 aromatic heterocycles. The number of Topliss-reactive ketones (excluding diaryl/α,β-unsaturated/α-hetero) is 1. The van der Waals surface area contributed by atoms with Crippen LogP contribution in [0.1, 0.15) is 77.0 Å². The molecule has 2 rings (SSSR count). The Labute approximate surface area is 150 Å². The van der Waals surface area contributed by atoms with Crippen LogP contribution in [0.25, 0.3) is 0 Å². The smallest absolute Gasteiger partial charge is 0.305 e. The van der Waals surface area contributed by atoms with E-state index >= 15 is 0 Å². The summed E-state index contributed by atoms with van der Waals surface area (Å²) in [5, 5.41) is 10.6. The van der Waals surface area contributed by atoms with E-state index in [2.05, 4.69) is 4.74 Å². The minimum Gasteiger partial charge on any atom is -0.469 e. The third-order valence-electron chi connectivity index (χ3n) is 5.33. The number of unbranched alkanes of at least 4 members (excludes halogenated alkanes) is 5. The molecule has 1 saturated heterocycles. The number of aliphatic hydroxyl groups is 1. The summed E-state index contributed by atoms with van der Waals surface area (Å²) in [6.07, 6.45) is 12.5. The topological polar surface area (TPSA) is 72.8 Å². The van der Waals surface area contributed by atoms with Gasteiger partial charge in [0, 0.05) is 25.2 Å². The molecule has 1 aliphatic heterocycles. The highest BCUT2D eigenvalue weighted by molar-refractivity contribution is 5.98. The molecule has 0 aromatic rings. The zero-order valence-electron chi connectivity index (χ0n) is 15.4. The number of ketones is 1. The predicted octanol–water partition coefficient (Wildman–Crippen LogP) is 3.68. The van der Waals surface area contributed by atoms with Gasteiger partial charge in [0.1, 0.15) is 0 Å². The van der Waals surface area contributed by atoms with Gasteiger partial charge in [-0.15, -0.1) is 0 Å². The number of carbonyl (C=O) groups excluding carboxylic acids is 2. The quantitative estimate of drug-likeness (QED) is 0.479. The van der Waals surface area contributed by atoms with E-state index in [-0.39, 0.29) is 17.7 Å². The van der Waals surface area contributed by atoms with Crippen LogP contribution in [0.4, 0.5) is 0 Å². The summed E-state index contributed by atoms with van der Waals surface area (Å²) < 4.78 is 10.2. The molecule has 2 aliphatic rings. The van der Waals surface area contributed by atoms with Crippen LogP contribution in [-0.4, -0.2) is 36.4 Å². The second-order valence-corrected chi connectivity index (χ2v) is 7.27. The molecule has 142 valence electrons. The first-order valence-corrected chi connectivity index (χ1v) is 9.72. The Morgan fingerprint density at radius 1 is 1.24 bits per heavy atom. The Bertz CT molecular complexity index is 476. The Hall–Kier alpha value is -1.20. The maximum atomic E-state index is 12.2. The van der Waals surface area contributed by atoms with Crippen molar-refractivity contribution in [2.24, 2.45) is 5.92 Å². The SMILES string of the molecule is COC(=O)CCCCCCCCC1=CC(C2(O)CCCCO2)CC1=O. The third-order valence-corrected chi connectivity index (χ3v) is 5.33. The molecule has 0 bridgehead atoms. The molecular formula is C20H32O5. The van der Waals surface area contributed by atoms with Gasteiger partial charge in [-0.2, -0.15) is 0 Å². The lowest BCUT2D eigenvalue weighted by Gasteiger charge is -2.36. The molecule has 1 N–H and O–H groups in total. The molecule has 1 heterocycles. The van der Waals surface area contributed by atoms with Crippen LogP contribution in [-0.2, 0) is 19.1 Å². The van der Waals surface area contributed by atoms with Gasteiger partial charge in [0.2, 0.25) is 0 Å². The fourth-order valence-electron chi connectivity index (χ4n) is 3.73. The van der Waals surface area contributed by atoms with E-state index in [0.29, 0.717) is 25.9 Å². The number of allylic oxidation sites excluding steroid dienone is 1. The highest BCUT2D eigenvalue weighted by atomic mass is 16.6. The molecule has 2 unspecified atom stereocenters. The third kappa shape index (κ3) is 6.23. The lowest BCUT2D eigenvalue weighted by atomic mass is 9.91. The molecule has 5 heteroatoms. The maximum absolute atomic E-state index is 12.2. The van der Waals surface area contributed by atoms with Gasteiger partial charge < -0.3 is 14.6 Å². The number of rotatable bonds is 10. The minimum absolute atomic E-state index is 0.134. The lowest BCUT2D eigenvalue weighted by molar-refractivity contribution is -0.246. The Balaban J connectivity index is 1.61. The molecular weight excluding hydrogens is 320 g/mol. The molecule has 0 saturated carbocycles. The summed E-state index contributed by atoms with van der Waals surface area (Å²) in [6.45, 7) is 0.584. The van der Waals surface area contributed by atoms with Crippen molar-refractivity contribution in [3.05, 3.63) is 11.6 Å². The fraction of sp³-hybridized carbons (Fsp3) is 0.800. The van der Waals surface area contributed by atoms with Crippen LogP contribution in [0.2, 0.25) is 0 Å². The monoisotopic (exact) mass is 352 g/mol. The van der Waals surface area contributed by atoms with E-state index in [0.717, 1.165) is 63.4 Å². The second kappa shape index (κ2) is 10.1. The van der Waals surface area contributed by atoms with Crippen molar-refractivity contribution in [2.45, 2.75) is 82.8 Å². The summed E-state index contributed by atoms with van der Waals surface area (Å²) >= 11 is 0. The van der Waals surface area contributed by atoms with Crippen molar-refractivity contribution in [1.82, 2.24) is 0 Å². The van der Waals surface area contributed by atoms with Gasteiger partial charge >= 0.3 is 5.97 Å². The van der Waals surface area contributed by atoms with E-state index in [1.165, 1.54) is 7.11 Å². The van der Waals surface area contributed by atoms with E-state index in [4.69, 9.17) is 4.74 Å². The molecule has 0 radical (unpaired) electrons.